The Bertz CT molecular complexity index is 115. The summed E-state index contributed by atoms with van der Waals surface area (Å²) in [6, 6.07) is -0.360. The van der Waals surface area contributed by atoms with E-state index in [4.69, 9.17) is 5.11 Å². The lowest BCUT2D eigenvalue weighted by atomic mass is 10.1. The van der Waals surface area contributed by atoms with Gasteiger partial charge in [0, 0.05) is 0 Å². The highest BCUT2D eigenvalue weighted by atomic mass is 16.4. The summed E-state index contributed by atoms with van der Waals surface area (Å²) >= 11 is 0. The second-order valence-corrected chi connectivity index (χ2v) is 2.68. The molecule has 3 heteroatoms. The van der Waals surface area contributed by atoms with E-state index in [1.54, 1.807) is 7.05 Å². The van der Waals surface area contributed by atoms with E-state index in [0.29, 0.717) is 0 Å². The largest absolute Gasteiger partial charge is 0.480 e. The number of carboxylic acid groups (broad SMARTS) is 1. The molecule has 0 saturated heterocycles. The van der Waals surface area contributed by atoms with Crippen molar-refractivity contribution in [3.8, 4) is 0 Å². The number of likely N-dealkylation sites (N-methyl/N-ethyl adjacent to an activating group) is 1. The van der Waals surface area contributed by atoms with Crippen molar-refractivity contribution in [2.75, 3.05) is 7.05 Å². The summed E-state index contributed by atoms with van der Waals surface area (Å²) in [6.45, 7) is 2.11. The van der Waals surface area contributed by atoms with Crippen molar-refractivity contribution in [3.05, 3.63) is 0 Å². The molecule has 11 heavy (non-hydrogen) atoms. The SMILES string of the molecule is CCCCCC(NC)C(=O)O. The lowest BCUT2D eigenvalue weighted by Crippen LogP contribution is -2.33. The minimum Gasteiger partial charge on any atom is -0.480 e. The first kappa shape index (κ1) is 10.4. The normalized spacial score (nSPS) is 12.9. The third kappa shape index (κ3) is 4.79. The average Bonchev–Trinajstić information content (AvgIpc) is 1.97. The van der Waals surface area contributed by atoms with Crippen LogP contribution in [-0.4, -0.2) is 24.2 Å². The zero-order valence-electron chi connectivity index (χ0n) is 7.26. The molecule has 0 spiro atoms. The first-order valence-corrected chi connectivity index (χ1v) is 4.12. The van der Waals surface area contributed by atoms with E-state index in [1.165, 1.54) is 0 Å². The van der Waals surface area contributed by atoms with E-state index < -0.39 is 5.97 Å². The Morgan fingerprint density at radius 1 is 1.55 bits per heavy atom. The number of hydrogen-bond donors (Lipinski definition) is 2. The van der Waals surface area contributed by atoms with Crippen molar-refractivity contribution in [1.82, 2.24) is 5.32 Å². The van der Waals surface area contributed by atoms with Crippen LogP contribution in [0.15, 0.2) is 0 Å². The van der Waals surface area contributed by atoms with Crippen LogP contribution >= 0.6 is 0 Å². The van der Waals surface area contributed by atoms with Crippen LogP contribution in [0.4, 0.5) is 0 Å². The fourth-order valence-electron chi connectivity index (χ4n) is 0.990. The van der Waals surface area contributed by atoms with Crippen LogP contribution in [0.1, 0.15) is 32.6 Å². The van der Waals surface area contributed by atoms with Gasteiger partial charge in [-0.05, 0) is 13.5 Å². The smallest absolute Gasteiger partial charge is 0.320 e. The van der Waals surface area contributed by atoms with Gasteiger partial charge in [-0.3, -0.25) is 4.79 Å². The third-order valence-electron chi connectivity index (χ3n) is 1.74. The standard InChI is InChI=1S/C8H17NO2/c1-3-4-5-6-7(9-2)8(10)11/h7,9H,3-6H2,1-2H3,(H,10,11). The number of carboxylic acids is 1. The maximum Gasteiger partial charge on any atom is 0.320 e. The van der Waals surface area contributed by atoms with Gasteiger partial charge in [-0.1, -0.05) is 26.2 Å². The van der Waals surface area contributed by atoms with E-state index in [-0.39, 0.29) is 6.04 Å². The van der Waals surface area contributed by atoms with Crippen molar-refractivity contribution >= 4 is 5.97 Å². The highest BCUT2D eigenvalue weighted by Gasteiger charge is 2.12. The molecule has 1 atom stereocenters. The Kier molecular flexibility index (Phi) is 5.84. The Balaban J connectivity index is 3.44. The maximum absolute atomic E-state index is 10.5. The van der Waals surface area contributed by atoms with Crippen LogP contribution in [0.5, 0.6) is 0 Å². The fraction of sp³-hybridized carbons (Fsp3) is 0.875. The van der Waals surface area contributed by atoms with E-state index in [9.17, 15) is 4.79 Å². The number of unbranched alkanes of at least 4 members (excludes halogenated alkanes) is 2. The van der Waals surface area contributed by atoms with Gasteiger partial charge >= 0.3 is 5.97 Å². The van der Waals surface area contributed by atoms with Crippen LogP contribution in [0, 0.1) is 0 Å². The average molecular weight is 159 g/mol. The summed E-state index contributed by atoms with van der Waals surface area (Å²) < 4.78 is 0. The van der Waals surface area contributed by atoms with Gasteiger partial charge in [0.2, 0.25) is 0 Å². The van der Waals surface area contributed by atoms with E-state index in [1.807, 2.05) is 0 Å². The minimum atomic E-state index is -0.747. The molecule has 1 unspecified atom stereocenters. The van der Waals surface area contributed by atoms with Crippen LogP contribution in [0.3, 0.4) is 0 Å². The summed E-state index contributed by atoms with van der Waals surface area (Å²) in [7, 11) is 1.69. The molecular weight excluding hydrogens is 142 g/mol. The molecule has 0 aromatic heterocycles. The topological polar surface area (TPSA) is 49.3 Å². The van der Waals surface area contributed by atoms with Crippen LogP contribution < -0.4 is 5.32 Å². The Morgan fingerprint density at radius 3 is 2.55 bits per heavy atom. The van der Waals surface area contributed by atoms with Gasteiger partial charge in [-0.15, -0.1) is 0 Å². The van der Waals surface area contributed by atoms with Gasteiger partial charge in [0.25, 0.3) is 0 Å². The number of hydrogen-bond acceptors (Lipinski definition) is 2. The molecule has 66 valence electrons. The van der Waals surface area contributed by atoms with Gasteiger partial charge in [0.15, 0.2) is 0 Å². The van der Waals surface area contributed by atoms with Crippen LogP contribution in [0.2, 0.25) is 0 Å². The molecule has 0 aromatic carbocycles. The number of aliphatic carboxylic acids is 1. The molecule has 0 bridgehead atoms. The monoisotopic (exact) mass is 159 g/mol. The molecule has 0 fully saturated rings. The summed E-state index contributed by atoms with van der Waals surface area (Å²) in [5, 5.41) is 11.4. The van der Waals surface area contributed by atoms with Crippen molar-refractivity contribution in [2.45, 2.75) is 38.6 Å². The molecule has 0 aliphatic heterocycles. The van der Waals surface area contributed by atoms with Gasteiger partial charge in [0.05, 0.1) is 0 Å². The molecular formula is C8H17NO2. The Hall–Kier alpha value is -0.570. The number of nitrogens with one attached hydrogen (secondary N) is 1. The van der Waals surface area contributed by atoms with Crippen LogP contribution in [0.25, 0.3) is 0 Å². The molecule has 2 N–H and O–H groups in total. The summed E-state index contributed by atoms with van der Waals surface area (Å²) in [4.78, 5) is 10.5. The van der Waals surface area contributed by atoms with Gasteiger partial charge < -0.3 is 10.4 Å². The van der Waals surface area contributed by atoms with Crippen molar-refractivity contribution in [1.29, 1.82) is 0 Å². The molecule has 0 rings (SSSR count). The predicted octanol–water partition coefficient (Wildman–Crippen LogP) is 1.24. The summed E-state index contributed by atoms with van der Waals surface area (Å²) in [5.74, 6) is -0.747. The maximum atomic E-state index is 10.5. The van der Waals surface area contributed by atoms with Gasteiger partial charge in [-0.2, -0.15) is 0 Å². The molecule has 0 aliphatic carbocycles. The highest BCUT2D eigenvalue weighted by Crippen LogP contribution is 2.02. The second kappa shape index (κ2) is 6.16. The lowest BCUT2D eigenvalue weighted by Gasteiger charge is -2.09. The fourth-order valence-corrected chi connectivity index (χ4v) is 0.990. The number of carbonyl (C=O) groups is 1. The first-order valence-electron chi connectivity index (χ1n) is 4.12. The zero-order valence-corrected chi connectivity index (χ0v) is 7.26. The van der Waals surface area contributed by atoms with Crippen molar-refractivity contribution < 1.29 is 9.90 Å². The van der Waals surface area contributed by atoms with Gasteiger partial charge in [0.1, 0.15) is 6.04 Å². The van der Waals surface area contributed by atoms with E-state index >= 15 is 0 Å². The quantitative estimate of drug-likeness (QED) is 0.573. The van der Waals surface area contributed by atoms with Crippen molar-refractivity contribution in [3.63, 3.8) is 0 Å². The van der Waals surface area contributed by atoms with E-state index in [0.717, 1.165) is 25.7 Å². The zero-order chi connectivity index (χ0) is 8.69. The molecule has 0 saturated carbocycles. The molecule has 0 radical (unpaired) electrons. The minimum absolute atomic E-state index is 0.360. The molecule has 3 nitrogen and oxygen atoms in total. The second-order valence-electron chi connectivity index (χ2n) is 2.68. The van der Waals surface area contributed by atoms with Gasteiger partial charge in [-0.25, -0.2) is 0 Å². The lowest BCUT2D eigenvalue weighted by molar-refractivity contribution is -0.139. The first-order chi connectivity index (χ1) is 5.22. The summed E-state index contributed by atoms with van der Waals surface area (Å²) in [6.07, 6.45) is 3.98. The Labute approximate surface area is 67.8 Å². The third-order valence-corrected chi connectivity index (χ3v) is 1.74. The van der Waals surface area contributed by atoms with Crippen LogP contribution in [-0.2, 0) is 4.79 Å². The summed E-state index contributed by atoms with van der Waals surface area (Å²) in [5.41, 5.74) is 0. The molecule has 0 amide bonds. The number of rotatable bonds is 6. The molecule has 0 aromatic rings. The molecule has 0 heterocycles. The van der Waals surface area contributed by atoms with Crippen molar-refractivity contribution in [2.24, 2.45) is 0 Å². The van der Waals surface area contributed by atoms with E-state index in [2.05, 4.69) is 12.2 Å². The Morgan fingerprint density at radius 2 is 2.18 bits per heavy atom. The molecule has 0 aliphatic rings. The highest BCUT2D eigenvalue weighted by molar-refractivity contribution is 5.73. The predicted molar refractivity (Wildman–Crippen MR) is 44.6 cm³/mol.